The Morgan fingerprint density at radius 1 is 1.08 bits per heavy atom. The molecule has 1 saturated heterocycles. The molecule has 0 spiro atoms. The van der Waals surface area contributed by atoms with E-state index in [1.165, 1.54) is 0 Å². The molecule has 38 heavy (non-hydrogen) atoms. The first-order chi connectivity index (χ1) is 17.8. The average Bonchev–Trinajstić information content (AvgIpc) is 2.85. The first-order valence-electron chi connectivity index (χ1n) is 13.6. The summed E-state index contributed by atoms with van der Waals surface area (Å²) in [6, 6.07) is 8.89. The van der Waals surface area contributed by atoms with Crippen molar-refractivity contribution in [3.05, 3.63) is 47.2 Å². The number of allylic oxidation sites excluding steroid dienone is 1. The third-order valence-corrected chi connectivity index (χ3v) is 7.16. The predicted molar refractivity (Wildman–Crippen MR) is 142 cm³/mol. The predicted octanol–water partition coefficient (Wildman–Crippen LogP) is 6.08. The van der Waals surface area contributed by atoms with Crippen molar-refractivity contribution >= 4 is 11.9 Å². The number of cyclic esters (lactones) is 1. The number of methoxy groups -OCH3 is 1. The number of carbonyl (C=O) groups excluding carboxylic acids is 2. The molecule has 0 radical (unpaired) electrons. The summed E-state index contributed by atoms with van der Waals surface area (Å²) in [7, 11) is 1.63. The van der Waals surface area contributed by atoms with Gasteiger partial charge < -0.3 is 28.4 Å². The monoisotopic (exact) mass is 532 g/mol. The Balaban J connectivity index is 1.67. The van der Waals surface area contributed by atoms with E-state index in [2.05, 4.69) is 6.92 Å². The summed E-state index contributed by atoms with van der Waals surface area (Å²) < 4.78 is 35.9. The van der Waals surface area contributed by atoms with E-state index < -0.39 is 35.4 Å². The standard InChI is InChI=1S/C30H44O8/c1-9-22(17-13-14-18-23-20(2)25(31)37-29(5,6)36-23)34-27-24(30(7,33-8)19-28(3,4)38-27)35-26(32)21-15-11-10-12-16-21/h10-12,15-16,22,24,27H,9,13-14,17-19H2,1-8H3. The van der Waals surface area contributed by atoms with Gasteiger partial charge in [-0.3, -0.25) is 0 Å². The third-order valence-electron chi connectivity index (χ3n) is 7.16. The number of hydrogen-bond donors (Lipinski definition) is 0. The van der Waals surface area contributed by atoms with E-state index in [9.17, 15) is 9.59 Å². The fourth-order valence-electron chi connectivity index (χ4n) is 5.14. The molecular weight excluding hydrogens is 488 g/mol. The van der Waals surface area contributed by atoms with Crippen LogP contribution in [0.4, 0.5) is 0 Å². The molecular formula is C30H44O8. The Bertz CT molecular complexity index is 999. The molecule has 212 valence electrons. The SMILES string of the molecule is CCC(CCCCC1=C(C)C(=O)OC(C)(C)O1)OC1OC(C)(C)CC(C)(OC)C1OC(=O)c1ccccc1. The molecule has 1 aromatic carbocycles. The minimum absolute atomic E-state index is 0.114. The number of carbonyl (C=O) groups is 2. The first kappa shape index (κ1) is 30.1. The largest absolute Gasteiger partial charge is 0.457 e. The van der Waals surface area contributed by atoms with Crippen molar-refractivity contribution in [1.29, 1.82) is 0 Å². The van der Waals surface area contributed by atoms with Gasteiger partial charge in [-0.1, -0.05) is 31.5 Å². The fourth-order valence-corrected chi connectivity index (χ4v) is 5.14. The molecule has 2 aliphatic heterocycles. The van der Waals surface area contributed by atoms with Crippen LogP contribution in [0.3, 0.4) is 0 Å². The number of esters is 2. The maximum Gasteiger partial charge on any atom is 0.340 e. The summed E-state index contributed by atoms with van der Waals surface area (Å²) in [6.07, 6.45) is 2.76. The van der Waals surface area contributed by atoms with Crippen LogP contribution >= 0.6 is 0 Å². The van der Waals surface area contributed by atoms with Gasteiger partial charge in [0.2, 0.25) is 5.79 Å². The van der Waals surface area contributed by atoms with Gasteiger partial charge in [-0.2, -0.15) is 0 Å². The maximum atomic E-state index is 13.0. The summed E-state index contributed by atoms with van der Waals surface area (Å²) in [5.74, 6) is -1.05. The lowest BCUT2D eigenvalue weighted by molar-refractivity contribution is -0.326. The number of rotatable bonds is 11. The number of benzene rings is 1. The lowest BCUT2D eigenvalue weighted by Gasteiger charge is -2.50. The Hall–Kier alpha value is -2.42. The molecule has 0 aliphatic carbocycles. The lowest BCUT2D eigenvalue weighted by Crippen LogP contribution is -2.62. The van der Waals surface area contributed by atoms with E-state index in [0.717, 1.165) is 25.7 Å². The quantitative estimate of drug-likeness (QED) is 0.250. The minimum Gasteiger partial charge on any atom is -0.457 e. The molecule has 0 amide bonds. The lowest BCUT2D eigenvalue weighted by atomic mass is 9.82. The Morgan fingerprint density at radius 3 is 2.39 bits per heavy atom. The van der Waals surface area contributed by atoms with Gasteiger partial charge in [0.15, 0.2) is 12.4 Å². The van der Waals surface area contributed by atoms with Gasteiger partial charge in [0.1, 0.15) is 11.4 Å². The van der Waals surface area contributed by atoms with Crippen molar-refractivity contribution in [3.8, 4) is 0 Å². The molecule has 1 fully saturated rings. The van der Waals surface area contributed by atoms with E-state index in [4.69, 9.17) is 28.4 Å². The summed E-state index contributed by atoms with van der Waals surface area (Å²) in [6.45, 7) is 13.2. The number of unbranched alkanes of at least 4 members (excludes halogenated alkanes) is 1. The van der Waals surface area contributed by atoms with Gasteiger partial charge >= 0.3 is 11.9 Å². The van der Waals surface area contributed by atoms with Crippen LogP contribution in [0.25, 0.3) is 0 Å². The van der Waals surface area contributed by atoms with Crippen molar-refractivity contribution in [2.24, 2.45) is 0 Å². The van der Waals surface area contributed by atoms with E-state index in [1.54, 1.807) is 52.1 Å². The molecule has 0 N–H and O–H groups in total. The third kappa shape index (κ3) is 7.58. The second-order valence-corrected chi connectivity index (χ2v) is 11.5. The molecule has 2 heterocycles. The Kier molecular flexibility index (Phi) is 9.66. The topological polar surface area (TPSA) is 89.5 Å². The molecule has 8 heteroatoms. The summed E-state index contributed by atoms with van der Waals surface area (Å²) in [5, 5.41) is 0. The number of ether oxygens (including phenoxy) is 6. The van der Waals surface area contributed by atoms with E-state index in [1.807, 2.05) is 26.8 Å². The van der Waals surface area contributed by atoms with Crippen LogP contribution in [0.1, 0.15) is 97.3 Å². The Labute approximate surface area is 226 Å². The Morgan fingerprint density at radius 2 is 1.76 bits per heavy atom. The summed E-state index contributed by atoms with van der Waals surface area (Å²) in [5.41, 5.74) is -0.345. The molecule has 4 unspecified atom stereocenters. The minimum atomic E-state index is -0.952. The van der Waals surface area contributed by atoms with Crippen LogP contribution in [0.15, 0.2) is 41.7 Å². The second kappa shape index (κ2) is 12.2. The van der Waals surface area contributed by atoms with Gasteiger partial charge in [-0.05, 0) is 59.1 Å². The van der Waals surface area contributed by atoms with Crippen molar-refractivity contribution in [3.63, 3.8) is 0 Å². The second-order valence-electron chi connectivity index (χ2n) is 11.5. The highest BCUT2D eigenvalue weighted by Gasteiger charge is 2.53. The van der Waals surface area contributed by atoms with Crippen LogP contribution in [-0.2, 0) is 33.2 Å². The average molecular weight is 533 g/mol. The molecule has 0 saturated carbocycles. The van der Waals surface area contributed by atoms with Crippen LogP contribution in [-0.4, -0.2) is 54.5 Å². The normalized spacial score (nSPS) is 27.3. The van der Waals surface area contributed by atoms with Crippen LogP contribution in [0.2, 0.25) is 0 Å². The van der Waals surface area contributed by atoms with Crippen LogP contribution in [0.5, 0.6) is 0 Å². The van der Waals surface area contributed by atoms with Crippen molar-refractivity contribution in [2.45, 2.75) is 122 Å². The highest BCUT2D eigenvalue weighted by atomic mass is 16.7. The number of hydrogen-bond acceptors (Lipinski definition) is 8. The van der Waals surface area contributed by atoms with Crippen molar-refractivity contribution < 1.29 is 38.0 Å². The highest BCUT2D eigenvalue weighted by Crippen LogP contribution is 2.41. The van der Waals surface area contributed by atoms with Crippen LogP contribution < -0.4 is 0 Å². The van der Waals surface area contributed by atoms with Crippen LogP contribution in [0, 0.1) is 0 Å². The van der Waals surface area contributed by atoms with Crippen molar-refractivity contribution in [1.82, 2.24) is 0 Å². The van der Waals surface area contributed by atoms with E-state index >= 15 is 0 Å². The molecule has 0 bridgehead atoms. The smallest absolute Gasteiger partial charge is 0.340 e. The van der Waals surface area contributed by atoms with Gasteiger partial charge in [-0.25, -0.2) is 9.59 Å². The van der Waals surface area contributed by atoms with E-state index in [-0.39, 0.29) is 12.1 Å². The first-order valence-corrected chi connectivity index (χ1v) is 13.6. The van der Waals surface area contributed by atoms with Gasteiger partial charge in [-0.15, -0.1) is 0 Å². The van der Waals surface area contributed by atoms with Gasteiger partial charge in [0, 0.05) is 33.8 Å². The molecule has 1 aromatic rings. The molecule has 3 rings (SSSR count). The van der Waals surface area contributed by atoms with Gasteiger partial charge in [0.25, 0.3) is 0 Å². The van der Waals surface area contributed by atoms with Crippen molar-refractivity contribution in [2.75, 3.05) is 7.11 Å². The molecule has 2 aliphatic rings. The molecule has 0 aromatic heterocycles. The van der Waals surface area contributed by atoms with E-state index in [0.29, 0.717) is 29.7 Å². The highest BCUT2D eigenvalue weighted by molar-refractivity contribution is 5.89. The molecule has 4 atom stereocenters. The fraction of sp³-hybridized carbons (Fsp3) is 0.667. The summed E-state index contributed by atoms with van der Waals surface area (Å²) >= 11 is 0. The zero-order valence-corrected chi connectivity index (χ0v) is 24.1. The zero-order chi connectivity index (χ0) is 28.1. The van der Waals surface area contributed by atoms with Gasteiger partial charge in [0.05, 0.1) is 22.8 Å². The zero-order valence-electron chi connectivity index (χ0n) is 24.1. The summed E-state index contributed by atoms with van der Waals surface area (Å²) in [4.78, 5) is 25.1. The molecule has 8 nitrogen and oxygen atoms in total. The maximum absolute atomic E-state index is 13.0.